The summed E-state index contributed by atoms with van der Waals surface area (Å²) in [5.74, 6) is 0. The number of benzene rings is 2. The molecular formula is C15H18ClNO. The fourth-order valence-corrected chi connectivity index (χ4v) is 1.83. The molecule has 0 aromatic heterocycles. The van der Waals surface area contributed by atoms with E-state index in [1.54, 1.807) is 6.92 Å². The van der Waals surface area contributed by atoms with Crippen LogP contribution in [0.25, 0.3) is 11.1 Å². The van der Waals surface area contributed by atoms with Gasteiger partial charge in [-0.05, 0) is 29.7 Å². The fraction of sp³-hybridized carbons (Fsp3) is 0.200. The van der Waals surface area contributed by atoms with Crippen LogP contribution in [0.15, 0.2) is 54.6 Å². The van der Waals surface area contributed by atoms with Crippen LogP contribution in [-0.4, -0.2) is 11.2 Å². The zero-order valence-electron chi connectivity index (χ0n) is 10.3. The first-order valence-corrected chi connectivity index (χ1v) is 5.77. The van der Waals surface area contributed by atoms with Crippen molar-refractivity contribution in [1.82, 2.24) is 0 Å². The molecule has 0 aliphatic heterocycles. The molecule has 0 aliphatic rings. The predicted octanol–water partition coefficient (Wildman–Crippen LogP) is 3.16. The van der Waals surface area contributed by atoms with E-state index in [4.69, 9.17) is 5.73 Å². The van der Waals surface area contributed by atoms with Crippen LogP contribution in [0.1, 0.15) is 18.5 Å². The van der Waals surface area contributed by atoms with Crippen molar-refractivity contribution in [3.63, 3.8) is 0 Å². The van der Waals surface area contributed by atoms with Gasteiger partial charge in [-0.25, -0.2) is 0 Å². The van der Waals surface area contributed by atoms with Crippen molar-refractivity contribution in [3.05, 3.63) is 60.2 Å². The Labute approximate surface area is 114 Å². The molecule has 0 saturated carbocycles. The second-order valence-electron chi connectivity index (χ2n) is 4.26. The minimum atomic E-state index is -0.541. The van der Waals surface area contributed by atoms with Crippen molar-refractivity contribution >= 4 is 12.4 Å². The lowest BCUT2D eigenvalue weighted by atomic mass is 9.98. The smallest absolute Gasteiger partial charge is 0.0704 e. The van der Waals surface area contributed by atoms with Crippen molar-refractivity contribution < 1.29 is 5.11 Å². The summed E-state index contributed by atoms with van der Waals surface area (Å²) >= 11 is 0. The summed E-state index contributed by atoms with van der Waals surface area (Å²) in [7, 11) is 0. The third-order valence-corrected chi connectivity index (χ3v) is 2.90. The quantitative estimate of drug-likeness (QED) is 0.894. The average Bonchev–Trinajstić information content (AvgIpc) is 2.39. The summed E-state index contributed by atoms with van der Waals surface area (Å²) in [6.07, 6.45) is -0.541. The van der Waals surface area contributed by atoms with E-state index in [9.17, 15) is 5.11 Å². The van der Waals surface area contributed by atoms with Gasteiger partial charge in [-0.1, -0.05) is 48.5 Å². The summed E-state index contributed by atoms with van der Waals surface area (Å²) in [6.45, 7) is 1.71. The molecule has 0 bridgehead atoms. The van der Waals surface area contributed by atoms with Gasteiger partial charge in [0.25, 0.3) is 0 Å². The third kappa shape index (κ3) is 3.33. The third-order valence-electron chi connectivity index (χ3n) is 2.90. The lowest BCUT2D eigenvalue weighted by Crippen LogP contribution is -2.23. The highest BCUT2D eigenvalue weighted by Gasteiger charge is 2.12. The van der Waals surface area contributed by atoms with Gasteiger partial charge in [0, 0.05) is 0 Å². The number of hydrogen-bond acceptors (Lipinski definition) is 2. The molecule has 0 fully saturated rings. The highest BCUT2D eigenvalue weighted by molar-refractivity contribution is 5.85. The van der Waals surface area contributed by atoms with Crippen LogP contribution in [0.3, 0.4) is 0 Å². The van der Waals surface area contributed by atoms with E-state index in [1.807, 2.05) is 42.5 Å². The Balaban J connectivity index is 0.00000162. The first-order valence-electron chi connectivity index (χ1n) is 5.77. The summed E-state index contributed by atoms with van der Waals surface area (Å²) in [6, 6.07) is 17.8. The molecule has 2 aromatic carbocycles. The number of hydrogen-bond donors (Lipinski definition) is 2. The summed E-state index contributed by atoms with van der Waals surface area (Å²) < 4.78 is 0. The number of aliphatic hydroxyl groups excluding tert-OH is 1. The molecule has 0 aliphatic carbocycles. The van der Waals surface area contributed by atoms with Crippen LogP contribution < -0.4 is 5.73 Å². The zero-order valence-corrected chi connectivity index (χ0v) is 11.1. The average molecular weight is 264 g/mol. The molecule has 2 rings (SSSR count). The summed E-state index contributed by atoms with van der Waals surface area (Å²) in [4.78, 5) is 0. The highest BCUT2D eigenvalue weighted by atomic mass is 35.5. The molecule has 0 saturated heterocycles. The molecule has 3 N–H and O–H groups in total. The summed E-state index contributed by atoms with van der Waals surface area (Å²) in [5.41, 5.74) is 9.18. The largest absolute Gasteiger partial charge is 0.391 e. The monoisotopic (exact) mass is 263 g/mol. The molecule has 0 amide bonds. The predicted molar refractivity (Wildman–Crippen MR) is 77.7 cm³/mol. The zero-order chi connectivity index (χ0) is 12.3. The Morgan fingerprint density at radius 3 is 2.17 bits per heavy atom. The van der Waals surface area contributed by atoms with Crippen molar-refractivity contribution in [3.8, 4) is 11.1 Å². The Bertz CT molecular complexity index is 485. The SMILES string of the molecule is C[C@@H](O)[C@@H](N)c1cccc(-c2ccccc2)c1.Cl. The maximum Gasteiger partial charge on any atom is 0.0704 e. The molecule has 0 radical (unpaired) electrons. The number of nitrogens with two attached hydrogens (primary N) is 1. The van der Waals surface area contributed by atoms with Crippen LogP contribution in [0, 0.1) is 0 Å². The Kier molecular flexibility index (Phi) is 5.35. The van der Waals surface area contributed by atoms with E-state index < -0.39 is 6.10 Å². The molecule has 2 aromatic rings. The maximum atomic E-state index is 9.51. The van der Waals surface area contributed by atoms with Gasteiger partial charge in [0.15, 0.2) is 0 Å². The topological polar surface area (TPSA) is 46.2 Å². The van der Waals surface area contributed by atoms with Gasteiger partial charge in [0.05, 0.1) is 12.1 Å². The van der Waals surface area contributed by atoms with E-state index in [0.717, 1.165) is 16.7 Å². The lowest BCUT2D eigenvalue weighted by Gasteiger charge is -2.16. The molecule has 2 atom stereocenters. The second-order valence-corrected chi connectivity index (χ2v) is 4.26. The van der Waals surface area contributed by atoms with Crippen LogP contribution in [0.4, 0.5) is 0 Å². The van der Waals surface area contributed by atoms with Crippen molar-refractivity contribution in [2.45, 2.75) is 19.1 Å². The normalized spacial score (nSPS) is 13.5. The van der Waals surface area contributed by atoms with Crippen LogP contribution in [0.5, 0.6) is 0 Å². The van der Waals surface area contributed by atoms with E-state index in [-0.39, 0.29) is 18.4 Å². The van der Waals surface area contributed by atoms with Gasteiger partial charge in [0.1, 0.15) is 0 Å². The highest BCUT2D eigenvalue weighted by Crippen LogP contribution is 2.23. The van der Waals surface area contributed by atoms with Crippen LogP contribution >= 0.6 is 12.4 Å². The second kappa shape index (κ2) is 6.55. The molecule has 96 valence electrons. The van der Waals surface area contributed by atoms with E-state index in [2.05, 4.69) is 12.1 Å². The van der Waals surface area contributed by atoms with Gasteiger partial charge in [0.2, 0.25) is 0 Å². The van der Waals surface area contributed by atoms with Gasteiger partial charge < -0.3 is 10.8 Å². The molecule has 18 heavy (non-hydrogen) atoms. The molecule has 0 heterocycles. The van der Waals surface area contributed by atoms with Crippen LogP contribution in [-0.2, 0) is 0 Å². The molecule has 0 unspecified atom stereocenters. The van der Waals surface area contributed by atoms with Crippen molar-refractivity contribution in [2.24, 2.45) is 5.73 Å². The number of rotatable bonds is 3. The minimum absolute atomic E-state index is 0. The molecule has 3 heteroatoms. The van der Waals surface area contributed by atoms with Crippen LogP contribution in [0.2, 0.25) is 0 Å². The van der Waals surface area contributed by atoms with Crippen molar-refractivity contribution in [2.75, 3.05) is 0 Å². The first kappa shape index (κ1) is 14.7. The molecule has 2 nitrogen and oxygen atoms in total. The first-order chi connectivity index (χ1) is 8.18. The van der Waals surface area contributed by atoms with Gasteiger partial charge in [-0.3, -0.25) is 0 Å². The number of aliphatic hydroxyl groups is 1. The van der Waals surface area contributed by atoms with Gasteiger partial charge >= 0.3 is 0 Å². The van der Waals surface area contributed by atoms with E-state index >= 15 is 0 Å². The van der Waals surface area contributed by atoms with E-state index in [1.165, 1.54) is 0 Å². The van der Waals surface area contributed by atoms with Gasteiger partial charge in [-0.2, -0.15) is 0 Å². The fourth-order valence-electron chi connectivity index (χ4n) is 1.83. The van der Waals surface area contributed by atoms with E-state index in [0.29, 0.717) is 0 Å². The van der Waals surface area contributed by atoms with Crippen molar-refractivity contribution in [1.29, 1.82) is 0 Å². The maximum absolute atomic E-state index is 9.51. The molecular weight excluding hydrogens is 246 g/mol. The Hall–Kier alpha value is -1.35. The summed E-state index contributed by atoms with van der Waals surface area (Å²) in [5, 5.41) is 9.51. The lowest BCUT2D eigenvalue weighted by molar-refractivity contribution is 0.164. The number of halogens is 1. The minimum Gasteiger partial charge on any atom is -0.391 e. The Morgan fingerprint density at radius 2 is 1.56 bits per heavy atom. The Morgan fingerprint density at radius 1 is 0.944 bits per heavy atom. The standard InChI is InChI=1S/C15H17NO.ClH/c1-11(17)15(16)14-9-5-8-13(10-14)12-6-3-2-4-7-12;/h2-11,15,17H,16H2,1H3;1H/t11-,15-;/m1./s1. The molecule has 0 spiro atoms. The van der Waals surface area contributed by atoms with Gasteiger partial charge in [-0.15, -0.1) is 12.4 Å².